The fourth-order valence-corrected chi connectivity index (χ4v) is 2.63. The minimum atomic E-state index is -3.29. The van der Waals surface area contributed by atoms with E-state index in [1.807, 2.05) is 6.92 Å². The molecule has 0 atom stereocenters. The van der Waals surface area contributed by atoms with E-state index in [4.69, 9.17) is 9.26 Å². The van der Waals surface area contributed by atoms with Gasteiger partial charge in [0.05, 0.1) is 11.5 Å². The van der Waals surface area contributed by atoms with E-state index >= 15 is 0 Å². The Balaban J connectivity index is 2.30. The van der Waals surface area contributed by atoms with Gasteiger partial charge in [0.15, 0.2) is 9.84 Å². The Hall–Kier alpha value is -2.25. The van der Waals surface area contributed by atoms with Crippen LogP contribution in [0.5, 0.6) is 0 Å². The first-order valence-corrected chi connectivity index (χ1v) is 8.70. The summed E-state index contributed by atoms with van der Waals surface area (Å²) in [6, 6.07) is 6.39. The summed E-state index contributed by atoms with van der Waals surface area (Å²) in [4.78, 5) is 4.46. The van der Waals surface area contributed by atoms with Crippen molar-refractivity contribution in [3.63, 3.8) is 0 Å². The summed E-state index contributed by atoms with van der Waals surface area (Å²) in [6.45, 7) is 6.27. The Bertz CT molecular complexity index is 850. The highest BCUT2D eigenvalue weighted by Crippen LogP contribution is 2.22. The lowest BCUT2D eigenvalue weighted by Gasteiger charge is -2.00. The quantitative estimate of drug-likeness (QED) is 0.756. The van der Waals surface area contributed by atoms with E-state index in [2.05, 4.69) is 16.7 Å². The van der Waals surface area contributed by atoms with Crippen LogP contribution >= 0.6 is 0 Å². The van der Waals surface area contributed by atoms with Crippen LogP contribution in [0.15, 0.2) is 51.9 Å². The molecular formula is C16H18N2O4S. The molecular weight excluding hydrogens is 316 g/mol. The lowest BCUT2D eigenvalue weighted by molar-refractivity contribution is 0.226. The zero-order chi connectivity index (χ0) is 17.0. The van der Waals surface area contributed by atoms with Crippen molar-refractivity contribution in [3.05, 3.63) is 48.4 Å². The Morgan fingerprint density at radius 3 is 2.83 bits per heavy atom. The van der Waals surface area contributed by atoms with Crippen molar-refractivity contribution in [1.29, 1.82) is 0 Å². The standard InChI is InChI=1S/C16H18N2O4S/c1-11(10-21-3)8-12(2)16-17-15(18-22-16)13-6-5-7-14(9-13)23(4,19)20/h5-9H,2,10H2,1,3-4H3. The van der Waals surface area contributed by atoms with Crippen LogP contribution in [0.25, 0.3) is 17.0 Å². The predicted octanol–water partition coefficient (Wildman–Crippen LogP) is 2.75. The average molecular weight is 334 g/mol. The molecule has 0 bridgehead atoms. The third-order valence-corrected chi connectivity index (χ3v) is 4.12. The summed E-state index contributed by atoms with van der Waals surface area (Å²) in [5.74, 6) is 0.588. The Labute approximate surface area is 135 Å². The average Bonchev–Trinajstić information content (AvgIpc) is 2.96. The summed E-state index contributed by atoms with van der Waals surface area (Å²) in [7, 11) is -1.68. The molecule has 0 N–H and O–H groups in total. The van der Waals surface area contributed by atoms with Gasteiger partial charge < -0.3 is 9.26 Å². The minimum absolute atomic E-state index is 0.205. The molecule has 0 unspecified atom stereocenters. The molecule has 0 fully saturated rings. The number of nitrogens with zero attached hydrogens (tertiary/aromatic N) is 2. The minimum Gasteiger partial charge on any atom is -0.380 e. The van der Waals surface area contributed by atoms with Crippen molar-refractivity contribution in [2.45, 2.75) is 11.8 Å². The van der Waals surface area contributed by atoms with Gasteiger partial charge in [-0.1, -0.05) is 23.9 Å². The van der Waals surface area contributed by atoms with Crippen LogP contribution in [0.1, 0.15) is 12.8 Å². The van der Waals surface area contributed by atoms with E-state index in [9.17, 15) is 8.42 Å². The molecule has 0 amide bonds. The first-order chi connectivity index (χ1) is 10.8. The number of benzene rings is 1. The molecule has 1 heterocycles. The van der Waals surface area contributed by atoms with Crippen LogP contribution < -0.4 is 0 Å². The van der Waals surface area contributed by atoms with Gasteiger partial charge >= 0.3 is 0 Å². The van der Waals surface area contributed by atoms with Gasteiger partial charge in [-0.3, -0.25) is 0 Å². The molecule has 0 spiro atoms. The molecule has 1 aromatic heterocycles. The summed E-state index contributed by atoms with van der Waals surface area (Å²) in [6.07, 6.45) is 2.95. The van der Waals surface area contributed by atoms with Crippen molar-refractivity contribution < 1.29 is 17.7 Å². The highest BCUT2D eigenvalue weighted by Gasteiger charge is 2.13. The van der Waals surface area contributed by atoms with E-state index in [1.54, 1.807) is 25.3 Å². The maximum atomic E-state index is 11.6. The molecule has 0 saturated carbocycles. The number of hydrogen-bond donors (Lipinski definition) is 0. The monoisotopic (exact) mass is 334 g/mol. The fourth-order valence-electron chi connectivity index (χ4n) is 1.97. The number of hydrogen-bond acceptors (Lipinski definition) is 6. The first kappa shape index (κ1) is 17.1. The maximum Gasteiger partial charge on any atom is 0.257 e. The second-order valence-corrected chi connectivity index (χ2v) is 7.19. The van der Waals surface area contributed by atoms with Crippen LogP contribution in [0.4, 0.5) is 0 Å². The molecule has 0 aliphatic carbocycles. The van der Waals surface area contributed by atoms with Gasteiger partial charge in [0, 0.05) is 24.5 Å². The van der Waals surface area contributed by atoms with Crippen molar-refractivity contribution in [2.75, 3.05) is 20.0 Å². The van der Waals surface area contributed by atoms with Crippen molar-refractivity contribution in [2.24, 2.45) is 0 Å². The molecule has 6 nitrogen and oxygen atoms in total. The maximum absolute atomic E-state index is 11.6. The van der Waals surface area contributed by atoms with Gasteiger partial charge in [-0.05, 0) is 30.7 Å². The molecule has 1 aromatic carbocycles. The van der Waals surface area contributed by atoms with E-state index in [0.717, 1.165) is 11.8 Å². The summed E-state index contributed by atoms with van der Waals surface area (Å²) in [5, 5.41) is 3.88. The van der Waals surface area contributed by atoms with Crippen LogP contribution in [0, 0.1) is 0 Å². The van der Waals surface area contributed by atoms with Crippen molar-refractivity contribution >= 4 is 15.4 Å². The fraction of sp³-hybridized carbons (Fsp3) is 0.250. The zero-order valence-electron chi connectivity index (χ0n) is 13.2. The Morgan fingerprint density at radius 2 is 2.17 bits per heavy atom. The second kappa shape index (κ2) is 6.89. The number of methoxy groups -OCH3 is 1. The molecule has 0 aliphatic heterocycles. The third kappa shape index (κ3) is 4.37. The van der Waals surface area contributed by atoms with Gasteiger partial charge in [0.25, 0.3) is 5.89 Å². The van der Waals surface area contributed by atoms with E-state index in [-0.39, 0.29) is 10.8 Å². The van der Waals surface area contributed by atoms with E-state index in [1.165, 1.54) is 12.1 Å². The topological polar surface area (TPSA) is 82.3 Å². The largest absolute Gasteiger partial charge is 0.380 e. The number of rotatable bonds is 6. The molecule has 2 aromatic rings. The van der Waals surface area contributed by atoms with Crippen molar-refractivity contribution in [1.82, 2.24) is 10.1 Å². The van der Waals surface area contributed by atoms with Crippen molar-refractivity contribution in [3.8, 4) is 11.4 Å². The lowest BCUT2D eigenvalue weighted by Crippen LogP contribution is -1.97. The zero-order valence-corrected chi connectivity index (χ0v) is 14.1. The number of allylic oxidation sites excluding steroid dienone is 2. The van der Waals surface area contributed by atoms with Crippen LogP contribution in [0.2, 0.25) is 0 Å². The normalized spacial score (nSPS) is 12.4. The predicted molar refractivity (Wildman–Crippen MR) is 87.5 cm³/mol. The lowest BCUT2D eigenvalue weighted by atomic mass is 10.2. The summed E-state index contributed by atoms with van der Waals surface area (Å²) in [5.41, 5.74) is 2.10. The highest BCUT2D eigenvalue weighted by molar-refractivity contribution is 7.90. The third-order valence-electron chi connectivity index (χ3n) is 3.01. The van der Waals surface area contributed by atoms with Gasteiger partial charge in [-0.15, -0.1) is 0 Å². The van der Waals surface area contributed by atoms with Gasteiger partial charge in [0.1, 0.15) is 0 Å². The van der Waals surface area contributed by atoms with Gasteiger partial charge in [0.2, 0.25) is 5.82 Å². The summed E-state index contributed by atoms with van der Waals surface area (Å²) < 4.78 is 33.4. The van der Waals surface area contributed by atoms with E-state index < -0.39 is 9.84 Å². The molecule has 2 rings (SSSR count). The molecule has 0 saturated heterocycles. The Morgan fingerprint density at radius 1 is 1.43 bits per heavy atom. The smallest absolute Gasteiger partial charge is 0.257 e. The number of aromatic nitrogens is 2. The second-order valence-electron chi connectivity index (χ2n) is 5.17. The molecule has 23 heavy (non-hydrogen) atoms. The van der Waals surface area contributed by atoms with Gasteiger partial charge in [-0.25, -0.2) is 8.42 Å². The number of ether oxygens (including phenoxy) is 1. The van der Waals surface area contributed by atoms with Crippen LogP contribution in [-0.4, -0.2) is 38.5 Å². The van der Waals surface area contributed by atoms with Crippen LogP contribution in [-0.2, 0) is 14.6 Å². The Kier molecular flexibility index (Phi) is 5.12. The molecule has 122 valence electrons. The summed E-state index contributed by atoms with van der Waals surface area (Å²) >= 11 is 0. The molecule has 0 radical (unpaired) electrons. The highest BCUT2D eigenvalue weighted by atomic mass is 32.2. The van der Waals surface area contributed by atoms with Crippen LogP contribution in [0.3, 0.4) is 0 Å². The SMILES string of the molecule is C=C(C=C(C)COC)c1nc(-c2cccc(S(C)(=O)=O)c2)no1. The van der Waals surface area contributed by atoms with E-state index in [0.29, 0.717) is 23.6 Å². The number of sulfone groups is 1. The first-order valence-electron chi connectivity index (χ1n) is 6.81. The molecule has 0 aliphatic rings. The van der Waals surface area contributed by atoms with Gasteiger partial charge in [-0.2, -0.15) is 4.98 Å². The molecule has 7 heteroatoms.